The highest BCUT2D eigenvalue weighted by Gasteiger charge is 2.18. The summed E-state index contributed by atoms with van der Waals surface area (Å²) in [6.07, 6.45) is 7.57. The fraction of sp³-hybridized carbons (Fsp3) is 0.400. The lowest BCUT2D eigenvalue weighted by Gasteiger charge is -2.26. The molecule has 1 aliphatic carbocycles. The summed E-state index contributed by atoms with van der Waals surface area (Å²) >= 11 is 0. The Labute approximate surface area is 154 Å². The second-order valence-corrected chi connectivity index (χ2v) is 6.21. The molecule has 1 aromatic carbocycles. The van der Waals surface area contributed by atoms with Crippen LogP contribution in [0, 0.1) is 6.92 Å². The number of fused-ring (bicyclic) bond motifs is 1. The summed E-state index contributed by atoms with van der Waals surface area (Å²) in [7, 11) is 1.68. The SMILES string of the molecule is CC.CN=Nc1ccc(-c2ccn3nc(NC4CCC4)ncc23)cc1C. The minimum atomic E-state index is 0.528. The maximum atomic E-state index is 4.57. The molecule has 6 nitrogen and oxygen atoms in total. The van der Waals surface area contributed by atoms with E-state index in [-0.39, 0.29) is 0 Å². The highest BCUT2D eigenvalue weighted by atomic mass is 15.3. The number of hydrogen-bond acceptors (Lipinski definition) is 5. The van der Waals surface area contributed by atoms with Gasteiger partial charge < -0.3 is 5.32 Å². The summed E-state index contributed by atoms with van der Waals surface area (Å²) in [5.41, 5.74) is 5.25. The highest BCUT2D eigenvalue weighted by molar-refractivity contribution is 5.81. The van der Waals surface area contributed by atoms with Crippen LogP contribution in [-0.4, -0.2) is 27.7 Å². The van der Waals surface area contributed by atoms with Crippen molar-refractivity contribution in [2.24, 2.45) is 10.2 Å². The van der Waals surface area contributed by atoms with Crippen molar-refractivity contribution >= 4 is 17.2 Å². The topological polar surface area (TPSA) is 66.9 Å². The van der Waals surface area contributed by atoms with Crippen LogP contribution in [0.1, 0.15) is 38.7 Å². The Morgan fingerprint density at radius 3 is 2.65 bits per heavy atom. The molecular formula is C20H26N6. The first-order valence-electron chi connectivity index (χ1n) is 9.26. The van der Waals surface area contributed by atoms with Crippen LogP contribution in [0.5, 0.6) is 0 Å². The van der Waals surface area contributed by atoms with E-state index in [1.54, 1.807) is 7.05 Å². The van der Waals surface area contributed by atoms with Gasteiger partial charge in [0.1, 0.15) is 0 Å². The number of aromatic nitrogens is 3. The molecule has 0 saturated heterocycles. The van der Waals surface area contributed by atoms with E-state index >= 15 is 0 Å². The molecule has 6 heteroatoms. The molecule has 2 aromatic heterocycles. The first-order valence-corrected chi connectivity index (χ1v) is 9.26. The Balaban J connectivity index is 0.000000948. The van der Waals surface area contributed by atoms with Crippen molar-refractivity contribution in [2.75, 3.05) is 12.4 Å². The maximum absolute atomic E-state index is 4.57. The first-order chi connectivity index (χ1) is 12.7. The molecule has 0 unspecified atom stereocenters. The predicted octanol–water partition coefficient (Wildman–Crippen LogP) is 5.41. The van der Waals surface area contributed by atoms with Crippen LogP contribution in [-0.2, 0) is 0 Å². The van der Waals surface area contributed by atoms with Gasteiger partial charge in [-0.15, -0.1) is 5.10 Å². The minimum Gasteiger partial charge on any atom is -0.350 e. The molecular weight excluding hydrogens is 324 g/mol. The van der Waals surface area contributed by atoms with Gasteiger partial charge in [0.25, 0.3) is 0 Å². The van der Waals surface area contributed by atoms with Crippen LogP contribution in [0.15, 0.2) is 46.9 Å². The fourth-order valence-electron chi connectivity index (χ4n) is 2.99. The van der Waals surface area contributed by atoms with Crippen molar-refractivity contribution in [1.29, 1.82) is 0 Å². The van der Waals surface area contributed by atoms with Crippen molar-refractivity contribution in [3.8, 4) is 11.1 Å². The number of rotatable bonds is 4. The number of aryl methyl sites for hydroxylation is 1. The molecule has 0 atom stereocenters. The van der Waals surface area contributed by atoms with Crippen LogP contribution >= 0.6 is 0 Å². The molecule has 2 heterocycles. The van der Waals surface area contributed by atoms with Crippen LogP contribution in [0.25, 0.3) is 16.6 Å². The highest BCUT2D eigenvalue weighted by Crippen LogP contribution is 2.30. The van der Waals surface area contributed by atoms with E-state index < -0.39 is 0 Å². The van der Waals surface area contributed by atoms with Gasteiger partial charge in [0.05, 0.1) is 17.4 Å². The standard InChI is InChI=1S/C18H20N6.C2H6/c1-12-10-13(6-7-16(12)22-19-2)15-8-9-24-17(15)11-20-18(23-24)21-14-4-3-5-14;1-2/h6-11,14H,3-5H2,1-2H3,(H,21,23);1-2H3. The van der Waals surface area contributed by atoms with Crippen molar-refractivity contribution in [2.45, 2.75) is 46.1 Å². The van der Waals surface area contributed by atoms with Crippen LogP contribution in [0.3, 0.4) is 0 Å². The molecule has 136 valence electrons. The smallest absolute Gasteiger partial charge is 0.241 e. The Kier molecular flexibility index (Phi) is 5.61. The molecule has 26 heavy (non-hydrogen) atoms. The van der Waals surface area contributed by atoms with Crippen LogP contribution in [0.2, 0.25) is 0 Å². The molecule has 3 aromatic rings. The zero-order valence-electron chi connectivity index (χ0n) is 15.9. The molecule has 0 bridgehead atoms. The number of hydrogen-bond donors (Lipinski definition) is 1. The van der Waals surface area contributed by atoms with E-state index in [9.17, 15) is 0 Å². The van der Waals surface area contributed by atoms with Crippen molar-refractivity contribution in [1.82, 2.24) is 14.6 Å². The summed E-state index contributed by atoms with van der Waals surface area (Å²) in [5, 5.41) is 15.9. The molecule has 0 aliphatic heterocycles. The lowest BCUT2D eigenvalue weighted by Crippen LogP contribution is -2.28. The van der Waals surface area contributed by atoms with Crippen molar-refractivity contribution in [3.05, 3.63) is 42.2 Å². The summed E-state index contributed by atoms with van der Waals surface area (Å²) in [5.74, 6) is 0.698. The Morgan fingerprint density at radius 1 is 1.19 bits per heavy atom. The van der Waals surface area contributed by atoms with Crippen LogP contribution in [0.4, 0.5) is 11.6 Å². The number of benzene rings is 1. The van der Waals surface area contributed by atoms with E-state index in [2.05, 4.69) is 43.8 Å². The van der Waals surface area contributed by atoms with E-state index in [0.29, 0.717) is 12.0 Å². The lowest BCUT2D eigenvalue weighted by atomic mass is 9.93. The van der Waals surface area contributed by atoms with E-state index in [0.717, 1.165) is 27.9 Å². The van der Waals surface area contributed by atoms with Crippen LogP contribution < -0.4 is 5.32 Å². The summed E-state index contributed by atoms with van der Waals surface area (Å²) in [4.78, 5) is 4.48. The number of anilines is 1. The minimum absolute atomic E-state index is 0.528. The monoisotopic (exact) mass is 350 g/mol. The normalized spacial score (nSPS) is 14.2. The third-order valence-corrected chi connectivity index (χ3v) is 4.57. The van der Waals surface area contributed by atoms with E-state index in [4.69, 9.17) is 0 Å². The average molecular weight is 350 g/mol. The van der Waals surface area contributed by atoms with Gasteiger partial charge in [-0.2, -0.15) is 10.2 Å². The Bertz CT molecular complexity index is 908. The molecule has 1 aliphatic rings. The van der Waals surface area contributed by atoms with Gasteiger partial charge in [-0.1, -0.05) is 19.9 Å². The molecule has 0 radical (unpaired) electrons. The molecule has 1 saturated carbocycles. The van der Waals surface area contributed by atoms with E-state index in [1.807, 2.05) is 43.7 Å². The van der Waals surface area contributed by atoms with E-state index in [1.165, 1.54) is 19.3 Å². The maximum Gasteiger partial charge on any atom is 0.241 e. The van der Waals surface area contributed by atoms with Gasteiger partial charge in [0, 0.05) is 24.8 Å². The summed E-state index contributed by atoms with van der Waals surface area (Å²) in [6, 6.07) is 8.79. The van der Waals surface area contributed by atoms with Gasteiger partial charge in [0.15, 0.2) is 0 Å². The lowest BCUT2D eigenvalue weighted by molar-refractivity contribution is 0.442. The molecule has 4 rings (SSSR count). The molecule has 0 amide bonds. The average Bonchev–Trinajstić information content (AvgIpc) is 3.05. The number of nitrogens with one attached hydrogen (secondary N) is 1. The third-order valence-electron chi connectivity index (χ3n) is 4.57. The number of azo groups is 1. The fourth-order valence-corrected chi connectivity index (χ4v) is 2.99. The second kappa shape index (κ2) is 8.08. The van der Waals surface area contributed by atoms with Gasteiger partial charge >= 0.3 is 0 Å². The molecule has 1 N–H and O–H groups in total. The zero-order valence-corrected chi connectivity index (χ0v) is 15.9. The largest absolute Gasteiger partial charge is 0.350 e. The van der Waals surface area contributed by atoms with Gasteiger partial charge in [-0.05, 0) is 55.5 Å². The predicted molar refractivity (Wildman–Crippen MR) is 106 cm³/mol. The Hall–Kier alpha value is -2.76. The van der Waals surface area contributed by atoms with Crippen molar-refractivity contribution < 1.29 is 0 Å². The van der Waals surface area contributed by atoms with Crippen molar-refractivity contribution in [3.63, 3.8) is 0 Å². The molecule has 0 spiro atoms. The van der Waals surface area contributed by atoms with Gasteiger partial charge in [-0.3, -0.25) is 0 Å². The second-order valence-electron chi connectivity index (χ2n) is 6.21. The number of nitrogens with zero attached hydrogens (tertiary/aromatic N) is 5. The summed E-state index contributed by atoms with van der Waals surface area (Å²) in [6.45, 7) is 6.04. The van der Waals surface area contributed by atoms with Gasteiger partial charge in [-0.25, -0.2) is 9.50 Å². The quantitative estimate of drug-likeness (QED) is 0.640. The third kappa shape index (κ3) is 3.59. The summed E-state index contributed by atoms with van der Waals surface area (Å²) < 4.78 is 1.89. The Morgan fingerprint density at radius 2 is 2.00 bits per heavy atom. The van der Waals surface area contributed by atoms with Gasteiger partial charge in [0.2, 0.25) is 5.95 Å². The first kappa shape index (κ1) is 18.0. The molecule has 1 fully saturated rings. The zero-order chi connectivity index (χ0) is 18.5.